The van der Waals surface area contributed by atoms with Crippen LogP contribution in [0.1, 0.15) is 36.9 Å². The van der Waals surface area contributed by atoms with E-state index in [4.69, 9.17) is 5.26 Å². The molecule has 1 saturated heterocycles. The second-order valence-corrected chi connectivity index (χ2v) is 6.22. The number of hydrogen-bond acceptors (Lipinski definition) is 4. The maximum Gasteiger partial charge on any atom is 0.128 e. The van der Waals surface area contributed by atoms with Crippen LogP contribution in [0.5, 0.6) is 0 Å². The van der Waals surface area contributed by atoms with Gasteiger partial charge in [0.25, 0.3) is 0 Å². The van der Waals surface area contributed by atoms with E-state index >= 15 is 0 Å². The largest absolute Gasteiger partial charge is 0.357 e. The van der Waals surface area contributed by atoms with E-state index in [0.717, 1.165) is 37.3 Å². The molecule has 0 aliphatic carbocycles. The number of benzene rings is 1. The highest BCUT2D eigenvalue weighted by Crippen LogP contribution is 2.21. The summed E-state index contributed by atoms with van der Waals surface area (Å²) in [7, 11) is 0. The minimum atomic E-state index is -0.200. The van der Waals surface area contributed by atoms with Crippen molar-refractivity contribution < 1.29 is 4.39 Å². The average Bonchev–Trinajstić information content (AvgIpc) is 2.63. The number of piperidine rings is 1. The molecule has 4 nitrogen and oxygen atoms in total. The average molecular weight is 324 g/mol. The van der Waals surface area contributed by atoms with Crippen LogP contribution in [0.15, 0.2) is 42.6 Å². The molecule has 1 N–H and O–H groups in total. The molecule has 0 radical (unpaired) electrons. The summed E-state index contributed by atoms with van der Waals surface area (Å²) in [5, 5.41) is 12.5. The van der Waals surface area contributed by atoms with E-state index in [1.807, 2.05) is 24.3 Å². The summed E-state index contributed by atoms with van der Waals surface area (Å²) in [4.78, 5) is 6.61. The van der Waals surface area contributed by atoms with Crippen LogP contribution in [0, 0.1) is 17.1 Å². The normalized spacial score (nSPS) is 16.6. The molecule has 1 aromatic heterocycles. The Balaban J connectivity index is 1.53. The Morgan fingerprint density at radius 1 is 1.21 bits per heavy atom. The molecule has 1 unspecified atom stereocenters. The van der Waals surface area contributed by atoms with Gasteiger partial charge >= 0.3 is 0 Å². The van der Waals surface area contributed by atoms with Gasteiger partial charge in [0.1, 0.15) is 17.7 Å². The van der Waals surface area contributed by atoms with Gasteiger partial charge in [-0.25, -0.2) is 9.37 Å². The number of pyridine rings is 1. The molecule has 3 rings (SSSR count). The molecular weight excluding hydrogens is 303 g/mol. The number of halogens is 1. The minimum absolute atomic E-state index is 0.200. The van der Waals surface area contributed by atoms with Gasteiger partial charge in [0.2, 0.25) is 0 Å². The van der Waals surface area contributed by atoms with E-state index in [1.54, 1.807) is 6.20 Å². The summed E-state index contributed by atoms with van der Waals surface area (Å²) in [6, 6.07) is 13.1. The Morgan fingerprint density at radius 2 is 1.92 bits per heavy atom. The number of rotatable bonds is 4. The van der Waals surface area contributed by atoms with Crippen molar-refractivity contribution in [3.05, 3.63) is 59.5 Å². The molecule has 1 fully saturated rings. The third-order valence-electron chi connectivity index (χ3n) is 4.55. The first-order valence-electron chi connectivity index (χ1n) is 8.28. The molecule has 1 atom stereocenters. The van der Waals surface area contributed by atoms with Crippen LogP contribution < -0.4 is 10.2 Å². The molecule has 1 aromatic carbocycles. The maximum atomic E-state index is 13.0. The summed E-state index contributed by atoms with van der Waals surface area (Å²) >= 11 is 0. The van der Waals surface area contributed by atoms with Gasteiger partial charge < -0.3 is 10.2 Å². The lowest BCUT2D eigenvalue weighted by Crippen LogP contribution is -2.43. The molecule has 0 bridgehead atoms. The molecule has 2 aromatic rings. The number of nitrogens with zero attached hydrogens (tertiary/aromatic N) is 3. The van der Waals surface area contributed by atoms with Gasteiger partial charge in [-0.2, -0.15) is 5.26 Å². The standard InChI is InChI=1S/C19H21FN4/c1-14(16-3-5-17(20)6-4-16)23-18-8-10-24(11-9-18)19-7-2-15(12-21)13-22-19/h2-7,13-14,18,23H,8-11H2,1H3. The van der Waals surface area contributed by atoms with Crippen molar-refractivity contribution in [2.75, 3.05) is 18.0 Å². The van der Waals surface area contributed by atoms with E-state index < -0.39 is 0 Å². The van der Waals surface area contributed by atoms with Gasteiger partial charge in [-0.15, -0.1) is 0 Å². The number of hydrogen-bond donors (Lipinski definition) is 1. The molecule has 0 saturated carbocycles. The topological polar surface area (TPSA) is 52.0 Å². The highest BCUT2D eigenvalue weighted by Gasteiger charge is 2.21. The van der Waals surface area contributed by atoms with Gasteiger partial charge in [-0.05, 0) is 49.6 Å². The monoisotopic (exact) mass is 324 g/mol. The smallest absolute Gasteiger partial charge is 0.128 e. The van der Waals surface area contributed by atoms with Crippen molar-refractivity contribution >= 4 is 5.82 Å². The summed E-state index contributed by atoms with van der Waals surface area (Å²) < 4.78 is 13.0. The van der Waals surface area contributed by atoms with Crippen molar-refractivity contribution in [1.82, 2.24) is 10.3 Å². The lowest BCUT2D eigenvalue weighted by atomic mass is 10.0. The van der Waals surface area contributed by atoms with Crippen LogP contribution in [0.4, 0.5) is 10.2 Å². The molecule has 2 heterocycles. The van der Waals surface area contributed by atoms with E-state index in [1.165, 1.54) is 12.1 Å². The number of anilines is 1. The fourth-order valence-corrected chi connectivity index (χ4v) is 3.12. The molecule has 24 heavy (non-hydrogen) atoms. The highest BCUT2D eigenvalue weighted by molar-refractivity contribution is 5.42. The fourth-order valence-electron chi connectivity index (χ4n) is 3.12. The predicted octanol–water partition coefficient (Wildman–Crippen LogP) is 3.41. The van der Waals surface area contributed by atoms with Crippen molar-refractivity contribution in [3.8, 4) is 6.07 Å². The molecule has 0 amide bonds. The van der Waals surface area contributed by atoms with Gasteiger partial charge in [0.05, 0.1) is 5.56 Å². The molecule has 5 heteroatoms. The zero-order valence-corrected chi connectivity index (χ0v) is 13.7. The Morgan fingerprint density at radius 3 is 2.50 bits per heavy atom. The summed E-state index contributed by atoms with van der Waals surface area (Å²) in [6.45, 7) is 3.99. The first-order valence-corrected chi connectivity index (χ1v) is 8.28. The van der Waals surface area contributed by atoms with Gasteiger partial charge in [0.15, 0.2) is 0 Å². The SMILES string of the molecule is CC(NC1CCN(c2ccc(C#N)cn2)CC1)c1ccc(F)cc1. The summed E-state index contributed by atoms with van der Waals surface area (Å²) in [5.74, 6) is 0.730. The predicted molar refractivity (Wildman–Crippen MR) is 92.1 cm³/mol. The first-order chi connectivity index (χ1) is 11.7. The quantitative estimate of drug-likeness (QED) is 0.936. The molecule has 1 aliphatic rings. The zero-order chi connectivity index (χ0) is 16.9. The number of aromatic nitrogens is 1. The van der Waals surface area contributed by atoms with Crippen LogP contribution >= 0.6 is 0 Å². The van der Waals surface area contributed by atoms with E-state index in [0.29, 0.717) is 11.6 Å². The minimum Gasteiger partial charge on any atom is -0.357 e. The van der Waals surface area contributed by atoms with Gasteiger partial charge in [-0.1, -0.05) is 12.1 Å². The molecule has 124 valence electrons. The first kappa shape index (κ1) is 16.4. The Kier molecular flexibility index (Phi) is 5.07. The zero-order valence-electron chi connectivity index (χ0n) is 13.7. The Hall–Kier alpha value is -2.45. The lowest BCUT2D eigenvalue weighted by Gasteiger charge is -2.34. The van der Waals surface area contributed by atoms with E-state index in [9.17, 15) is 4.39 Å². The fraction of sp³-hybridized carbons (Fsp3) is 0.368. The second-order valence-electron chi connectivity index (χ2n) is 6.22. The summed E-state index contributed by atoms with van der Waals surface area (Å²) in [6.07, 6.45) is 3.69. The Labute approximate surface area is 141 Å². The lowest BCUT2D eigenvalue weighted by molar-refractivity contribution is 0.380. The molecular formula is C19H21FN4. The van der Waals surface area contributed by atoms with Crippen molar-refractivity contribution in [2.24, 2.45) is 0 Å². The van der Waals surface area contributed by atoms with Crippen molar-refractivity contribution in [3.63, 3.8) is 0 Å². The van der Waals surface area contributed by atoms with Crippen LogP contribution in [-0.2, 0) is 0 Å². The van der Waals surface area contributed by atoms with Gasteiger partial charge in [0, 0.05) is 31.4 Å². The Bertz CT molecular complexity index is 698. The highest BCUT2D eigenvalue weighted by atomic mass is 19.1. The van der Waals surface area contributed by atoms with Gasteiger partial charge in [-0.3, -0.25) is 0 Å². The van der Waals surface area contributed by atoms with Crippen LogP contribution in [0.3, 0.4) is 0 Å². The molecule has 1 aliphatic heterocycles. The van der Waals surface area contributed by atoms with Crippen LogP contribution in [0.25, 0.3) is 0 Å². The third kappa shape index (κ3) is 3.90. The third-order valence-corrected chi connectivity index (χ3v) is 4.55. The maximum absolute atomic E-state index is 13.0. The van der Waals surface area contributed by atoms with Crippen molar-refractivity contribution in [2.45, 2.75) is 31.8 Å². The summed E-state index contributed by atoms with van der Waals surface area (Å²) in [5.41, 5.74) is 1.69. The van der Waals surface area contributed by atoms with E-state index in [2.05, 4.69) is 28.2 Å². The van der Waals surface area contributed by atoms with Crippen LogP contribution in [0.2, 0.25) is 0 Å². The van der Waals surface area contributed by atoms with E-state index in [-0.39, 0.29) is 11.9 Å². The second kappa shape index (κ2) is 7.41. The molecule has 0 spiro atoms. The number of nitrogens with one attached hydrogen (secondary N) is 1. The van der Waals surface area contributed by atoms with Crippen molar-refractivity contribution in [1.29, 1.82) is 5.26 Å². The number of nitriles is 1. The van der Waals surface area contributed by atoms with Crippen LogP contribution in [-0.4, -0.2) is 24.1 Å².